The summed E-state index contributed by atoms with van der Waals surface area (Å²) < 4.78 is 44.4. The average Bonchev–Trinajstić information content (AvgIpc) is 2.66. The molecule has 142 valence electrons. The highest BCUT2D eigenvalue weighted by Crippen LogP contribution is 2.37. The summed E-state index contributed by atoms with van der Waals surface area (Å²) in [5, 5.41) is 8.61. The topological polar surface area (TPSA) is 77.8 Å². The number of methoxy groups -OCH3 is 1. The van der Waals surface area contributed by atoms with Crippen LogP contribution < -0.4 is 14.2 Å². The summed E-state index contributed by atoms with van der Waals surface area (Å²) in [5.41, 5.74) is 0.889. The van der Waals surface area contributed by atoms with E-state index in [4.69, 9.17) is 31.1 Å². The number of carbonyl (C=O) groups is 1. The van der Waals surface area contributed by atoms with Crippen LogP contribution in [0.5, 0.6) is 17.2 Å². The van der Waals surface area contributed by atoms with Gasteiger partial charge in [-0.25, -0.2) is 4.79 Å². The van der Waals surface area contributed by atoms with Crippen molar-refractivity contribution in [2.45, 2.75) is 13.2 Å². The summed E-state index contributed by atoms with van der Waals surface area (Å²) in [5.74, 6) is -0.553. The molecule has 0 bridgehead atoms. The Morgan fingerprint density at radius 1 is 1.26 bits per heavy atom. The molecule has 0 aliphatic rings. The lowest BCUT2D eigenvalue weighted by molar-refractivity contribution is -0.147. The predicted octanol–water partition coefficient (Wildman–Crippen LogP) is 3.94. The Balaban J connectivity index is 1.92. The van der Waals surface area contributed by atoms with E-state index >= 15 is 0 Å². The van der Waals surface area contributed by atoms with Crippen LogP contribution in [0.2, 0.25) is 5.02 Å². The SMILES string of the molecule is COc1cc(COC(=O)COc2ccc(C#N)cc2)cc(Cl)c1OC(F)F. The number of nitrogens with zero attached hydrogens (tertiary/aromatic N) is 1. The van der Waals surface area contributed by atoms with Crippen molar-refractivity contribution in [1.29, 1.82) is 5.26 Å². The van der Waals surface area contributed by atoms with E-state index in [0.717, 1.165) is 0 Å². The van der Waals surface area contributed by atoms with Crippen molar-refractivity contribution in [2.24, 2.45) is 0 Å². The van der Waals surface area contributed by atoms with Crippen LogP contribution >= 0.6 is 11.6 Å². The number of benzene rings is 2. The molecule has 0 fully saturated rings. The zero-order valence-electron chi connectivity index (χ0n) is 14.1. The third-order valence-corrected chi connectivity index (χ3v) is 3.52. The molecular weight excluding hydrogens is 384 g/mol. The smallest absolute Gasteiger partial charge is 0.387 e. The number of esters is 1. The molecule has 0 amide bonds. The van der Waals surface area contributed by atoms with E-state index in [1.807, 2.05) is 6.07 Å². The third kappa shape index (κ3) is 6.01. The number of hydrogen-bond acceptors (Lipinski definition) is 6. The largest absolute Gasteiger partial charge is 0.493 e. The molecule has 9 heteroatoms. The van der Waals surface area contributed by atoms with Gasteiger partial charge in [0.2, 0.25) is 0 Å². The molecule has 0 saturated heterocycles. The first-order valence-electron chi connectivity index (χ1n) is 7.52. The van der Waals surface area contributed by atoms with Crippen LogP contribution in [0, 0.1) is 11.3 Å². The van der Waals surface area contributed by atoms with Crippen LogP contribution in [0.25, 0.3) is 0 Å². The zero-order valence-corrected chi connectivity index (χ0v) is 14.8. The van der Waals surface area contributed by atoms with Crippen LogP contribution in [0.15, 0.2) is 36.4 Å². The summed E-state index contributed by atoms with van der Waals surface area (Å²) in [7, 11) is 1.27. The van der Waals surface area contributed by atoms with Crippen molar-refractivity contribution in [2.75, 3.05) is 13.7 Å². The Morgan fingerprint density at radius 3 is 2.56 bits per heavy atom. The first-order valence-corrected chi connectivity index (χ1v) is 7.90. The maximum Gasteiger partial charge on any atom is 0.387 e. The molecule has 0 aliphatic carbocycles. The summed E-state index contributed by atoms with van der Waals surface area (Å²) >= 11 is 5.91. The van der Waals surface area contributed by atoms with Crippen molar-refractivity contribution in [3.05, 3.63) is 52.5 Å². The van der Waals surface area contributed by atoms with Crippen LogP contribution in [0.1, 0.15) is 11.1 Å². The third-order valence-electron chi connectivity index (χ3n) is 3.24. The first-order chi connectivity index (χ1) is 12.9. The Hall–Kier alpha value is -3.05. The summed E-state index contributed by atoms with van der Waals surface area (Å²) in [6.45, 7) is -3.57. The lowest BCUT2D eigenvalue weighted by atomic mass is 10.2. The molecule has 27 heavy (non-hydrogen) atoms. The fourth-order valence-corrected chi connectivity index (χ4v) is 2.31. The van der Waals surface area contributed by atoms with Gasteiger partial charge in [-0.15, -0.1) is 0 Å². The van der Waals surface area contributed by atoms with Crippen LogP contribution in [0.4, 0.5) is 8.78 Å². The van der Waals surface area contributed by atoms with E-state index in [0.29, 0.717) is 16.9 Å². The fourth-order valence-electron chi connectivity index (χ4n) is 2.03. The minimum Gasteiger partial charge on any atom is -0.493 e. The van der Waals surface area contributed by atoms with E-state index in [1.165, 1.54) is 19.2 Å². The summed E-state index contributed by atoms with van der Waals surface area (Å²) in [6.07, 6.45) is 0. The second kappa shape index (κ2) is 9.59. The highest BCUT2D eigenvalue weighted by molar-refractivity contribution is 6.32. The Kier molecular flexibility index (Phi) is 7.20. The zero-order chi connectivity index (χ0) is 19.8. The molecule has 0 unspecified atom stereocenters. The van der Waals surface area contributed by atoms with Crippen LogP contribution in [0.3, 0.4) is 0 Å². The summed E-state index contributed by atoms with van der Waals surface area (Å²) in [6, 6.07) is 10.9. The standard InChI is InChI=1S/C18H14ClF2NO5/c1-24-15-7-12(6-14(19)17(15)27-18(20)21)9-26-16(23)10-25-13-4-2-11(8-22)3-5-13/h2-7,18H,9-10H2,1H3. The minimum absolute atomic E-state index is 0.0114. The van der Waals surface area contributed by atoms with Gasteiger partial charge in [0.25, 0.3) is 0 Å². The van der Waals surface area contributed by atoms with E-state index in [-0.39, 0.29) is 29.7 Å². The van der Waals surface area contributed by atoms with Gasteiger partial charge >= 0.3 is 12.6 Å². The van der Waals surface area contributed by atoms with Gasteiger partial charge in [-0.2, -0.15) is 14.0 Å². The molecule has 0 aromatic heterocycles. The van der Waals surface area contributed by atoms with E-state index < -0.39 is 12.6 Å². The van der Waals surface area contributed by atoms with Crippen molar-refractivity contribution in [3.63, 3.8) is 0 Å². The van der Waals surface area contributed by atoms with Gasteiger partial charge in [0.15, 0.2) is 18.1 Å². The number of alkyl halides is 2. The molecule has 0 heterocycles. The number of carbonyl (C=O) groups excluding carboxylic acids is 1. The Bertz CT molecular complexity index is 837. The van der Waals surface area contributed by atoms with Crippen molar-refractivity contribution < 1.29 is 32.5 Å². The van der Waals surface area contributed by atoms with Crippen LogP contribution in [-0.2, 0) is 16.1 Å². The number of hydrogen-bond donors (Lipinski definition) is 0. The lowest BCUT2D eigenvalue weighted by Gasteiger charge is -2.13. The number of ether oxygens (including phenoxy) is 4. The molecule has 0 saturated carbocycles. The van der Waals surface area contributed by atoms with E-state index in [1.54, 1.807) is 24.3 Å². The second-order valence-electron chi connectivity index (χ2n) is 5.07. The Labute approximate surface area is 158 Å². The molecule has 0 spiro atoms. The van der Waals surface area contributed by atoms with Gasteiger partial charge < -0.3 is 18.9 Å². The maximum absolute atomic E-state index is 12.4. The molecule has 0 aliphatic heterocycles. The lowest BCUT2D eigenvalue weighted by Crippen LogP contribution is -2.15. The molecular formula is C18H14ClF2NO5. The molecule has 0 atom stereocenters. The van der Waals surface area contributed by atoms with Gasteiger partial charge in [-0.05, 0) is 42.0 Å². The number of halogens is 3. The van der Waals surface area contributed by atoms with Crippen molar-refractivity contribution in [1.82, 2.24) is 0 Å². The average molecular weight is 398 g/mol. The van der Waals surface area contributed by atoms with Crippen molar-refractivity contribution in [3.8, 4) is 23.3 Å². The van der Waals surface area contributed by atoms with Crippen LogP contribution in [-0.4, -0.2) is 26.3 Å². The maximum atomic E-state index is 12.4. The van der Waals surface area contributed by atoms with Gasteiger partial charge in [0.1, 0.15) is 12.4 Å². The molecule has 2 rings (SSSR count). The van der Waals surface area contributed by atoms with Crippen molar-refractivity contribution >= 4 is 17.6 Å². The molecule has 2 aromatic carbocycles. The van der Waals surface area contributed by atoms with Gasteiger partial charge in [-0.1, -0.05) is 11.6 Å². The van der Waals surface area contributed by atoms with Gasteiger partial charge in [0, 0.05) is 0 Å². The second-order valence-corrected chi connectivity index (χ2v) is 5.48. The molecule has 2 aromatic rings. The Morgan fingerprint density at radius 2 is 1.96 bits per heavy atom. The van der Waals surface area contributed by atoms with Gasteiger partial charge in [-0.3, -0.25) is 0 Å². The highest BCUT2D eigenvalue weighted by atomic mass is 35.5. The van der Waals surface area contributed by atoms with E-state index in [9.17, 15) is 13.6 Å². The first kappa shape index (κ1) is 20.3. The molecule has 0 radical (unpaired) electrons. The fraction of sp³-hybridized carbons (Fsp3) is 0.222. The number of rotatable bonds is 8. The normalized spacial score (nSPS) is 10.2. The van der Waals surface area contributed by atoms with E-state index in [2.05, 4.69) is 4.74 Å². The predicted molar refractivity (Wildman–Crippen MR) is 91.1 cm³/mol. The summed E-state index contributed by atoms with van der Waals surface area (Å²) in [4.78, 5) is 11.8. The minimum atomic E-state index is -3.06. The highest BCUT2D eigenvalue weighted by Gasteiger charge is 2.17. The quantitative estimate of drug-likeness (QED) is 0.628. The van der Waals surface area contributed by atoms with Gasteiger partial charge in [0.05, 0.1) is 23.8 Å². The monoisotopic (exact) mass is 397 g/mol. The number of nitriles is 1. The molecule has 0 N–H and O–H groups in total. The molecule has 6 nitrogen and oxygen atoms in total.